The molecule has 0 heterocycles. The van der Waals surface area contributed by atoms with E-state index in [9.17, 15) is 8.78 Å². The van der Waals surface area contributed by atoms with Gasteiger partial charge in [-0.15, -0.1) is 0 Å². The van der Waals surface area contributed by atoms with Gasteiger partial charge in [0.2, 0.25) is 0 Å². The van der Waals surface area contributed by atoms with Crippen LogP contribution in [0.15, 0.2) is 34.8 Å². The second-order valence-electron chi connectivity index (χ2n) is 4.74. The van der Waals surface area contributed by atoms with Crippen molar-refractivity contribution in [2.75, 3.05) is 0 Å². The van der Waals surface area contributed by atoms with Crippen molar-refractivity contribution < 1.29 is 8.78 Å². The van der Waals surface area contributed by atoms with Crippen LogP contribution in [0.4, 0.5) is 8.78 Å². The van der Waals surface area contributed by atoms with E-state index in [0.717, 1.165) is 11.1 Å². The molecule has 0 aliphatic carbocycles. The van der Waals surface area contributed by atoms with Crippen LogP contribution in [0.3, 0.4) is 0 Å². The van der Waals surface area contributed by atoms with Gasteiger partial charge < -0.3 is 0 Å². The van der Waals surface area contributed by atoms with Gasteiger partial charge in [0.05, 0.1) is 6.04 Å². The highest BCUT2D eigenvalue weighted by atomic mass is 79.9. The molecule has 2 aromatic carbocycles. The topological polar surface area (TPSA) is 38.0 Å². The zero-order valence-corrected chi connectivity index (χ0v) is 12.8. The third-order valence-corrected chi connectivity index (χ3v) is 3.93. The molecule has 0 radical (unpaired) electrons. The minimum absolute atomic E-state index is 0.360. The Kier molecular flexibility index (Phi) is 4.52. The molecule has 0 aromatic heterocycles. The van der Waals surface area contributed by atoms with E-state index in [4.69, 9.17) is 5.84 Å². The summed E-state index contributed by atoms with van der Waals surface area (Å²) < 4.78 is 28.4. The van der Waals surface area contributed by atoms with E-state index in [2.05, 4.69) is 21.4 Å². The number of rotatable bonds is 3. The summed E-state index contributed by atoms with van der Waals surface area (Å²) in [5, 5.41) is 0. The van der Waals surface area contributed by atoms with Crippen molar-refractivity contribution in [1.82, 2.24) is 5.43 Å². The molecule has 20 heavy (non-hydrogen) atoms. The predicted octanol–water partition coefficient (Wildman–Crippen LogP) is 3.90. The van der Waals surface area contributed by atoms with E-state index in [-0.39, 0.29) is 5.82 Å². The lowest BCUT2D eigenvalue weighted by molar-refractivity contribution is 0.551. The summed E-state index contributed by atoms with van der Waals surface area (Å²) in [4.78, 5) is 0. The molecular weight excluding hydrogens is 326 g/mol. The molecular formula is C15H15BrF2N2. The van der Waals surface area contributed by atoms with Crippen LogP contribution in [-0.2, 0) is 0 Å². The molecule has 0 spiro atoms. The number of nitrogens with one attached hydrogen (secondary N) is 1. The average Bonchev–Trinajstić information content (AvgIpc) is 2.37. The van der Waals surface area contributed by atoms with Crippen molar-refractivity contribution >= 4 is 15.9 Å². The van der Waals surface area contributed by atoms with Crippen LogP contribution >= 0.6 is 15.9 Å². The SMILES string of the molecule is Cc1cc(C)c(C(NN)c2cc(F)ccc2Br)c(F)c1. The first kappa shape index (κ1) is 15.1. The Labute approximate surface area is 125 Å². The van der Waals surface area contributed by atoms with Gasteiger partial charge in [-0.2, -0.15) is 0 Å². The molecule has 0 saturated heterocycles. The number of hydrogen-bond donors (Lipinski definition) is 2. The highest BCUT2D eigenvalue weighted by molar-refractivity contribution is 9.10. The highest BCUT2D eigenvalue weighted by Crippen LogP contribution is 2.32. The zero-order valence-electron chi connectivity index (χ0n) is 11.2. The van der Waals surface area contributed by atoms with E-state index < -0.39 is 11.9 Å². The van der Waals surface area contributed by atoms with Gasteiger partial charge in [-0.3, -0.25) is 5.84 Å². The molecule has 0 amide bonds. The summed E-state index contributed by atoms with van der Waals surface area (Å²) in [6, 6.07) is 6.94. The smallest absolute Gasteiger partial charge is 0.128 e. The normalized spacial score (nSPS) is 12.5. The summed E-state index contributed by atoms with van der Waals surface area (Å²) in [7, 11) is 0. The first-order valence-electron chi connectivity index (χ1n) is 6.11. The summed E-state index contributed by atoms with van der Waals surface area (Å²) in [5.74, 6) is 4.82. The summed E-state index contributed by atoms with van der Waals surface area (Å²) in [5.41, 5.74) is 5.14. The predicted molar refractivity (Wildman–Crippen MR) is 79.1 cm³/mol. The van der Waals surface area contributed by atoms with E-state index in [0.29, 0.717) is 15.6 Å². The van der Waals surface area contributed by atoms with Gasteiger partial charge >= 0.3 is 0 Å². The van der Waals surface area contributed by atoms with E-state index in [1.165, 1.54) is 18.2 Å². The van der Waals surface area contributed by atoms with Gasteiger partial charge in [0, 0.05) is 10.0 Å². The Balaban J connectivity index is 2.61. The lowest BCUT2D eigenvalue weighted by Gasteiger charge is -2.21. The maximum absolute atomic E-state index is 14.3. The summed E-state index contributed by atoms with van der Waals surface area (Å²) in [6.45, 7) is 3.63. The molecule has 3 N–H and O–H groups in total. The molecule has 0 fully saturated rings. The quantitative estimate of drug-likeness (QED) is 0.656. The van der Waals surface area contributed by atoms with E-state index in [1.807, 2.05) is 19.9 Å². The fraction of sp³-hybridized carbons (Fsp3) is 0.200. The molecule has 0 saturated carbocycles. The molecule has 2 nitrogen and oxygen atoms in total. The lowest BCUT2D eigenvalue weighted by Crippen LogP contribution is -2.30. The van der Waals surface area contributed by atoms with E-state index >= 15 is 0 Å². The van der Waals surface area contributed by atoms with Crippen LogP contribution < -0.4 is 11.3 Å². The monoisotopic (exact) mass is 340 g/mol. The first-order chi connectivity index (χ1) is 9.43. The number of benzene rings is 2. The van der Waals surface area contributed by atoms with Crippen LogP contribution in [0, 0.1) is 25.5 Å². The van der Waals surface area contributed by atoms with Gasteiger partial charge in [-0.05, 0) is 54.8 Å². The largest absolute Gasteiger partial charge is 0.271 e. The van der Waals surface area contributed by atoms with Crippen LogP contribution in [0.5, 0.6) is 0 Å². The maximum Gasteiger partial charge on any atom is 0.128 e. The Bertz CT molecular complexity index is 621. The van der Waals surface area contributed by atoms with Gasteiger partial charge in [-0.1, -0.05) is 22.0 Å². The maximum atomic E-state index is 14.3. The third kappa shape index (κ3) is 2.90. The number of aryl methyl sites for hydroxylation is 2. The summed E-state index contributed by atoms with van der Waals surface area (Å²) in [6.07, 6.45) is 0. The first-order valence-corrected chi connectivity index (χ1v) is 6.91. The van der Waals surface area contributed by atoms with E-state index in [1.54, 1.807) is 6.07 Å². The van der Waals surface area contributed by atoms with Gasteiger partial charge in [0.25, 0.3) is 0 Å². The molecule has 5 heteroatoms. The average molecular weight is 341 g/mol. The van der Waals surface area contributed by atoms with Crippen molar-refractivity contribution in [3.05, 3.63) is 68.7 Å². The number of nitrogens with two attached hydrogens (primary N) is 1. The Morgan fingerprint density at radius 1 is 1.15 bits per heavy atom. The molecule has 0 bridgehead atoms. The highest BCUT2D eigenvalue weighted by Gasteiger charge is 2.21. The van der Waals surface area contributed by atoms with Crippen molar-refractivity contribution in [3.63, 3.8) is 0 Å². The van der Waals surface area contributed by atoms with Gasteiger partial charge in [0.1, 0.15) is 11.6 Å². The molecule has 1 unspecified atom stereocenters. The number of halogens is 3. The molecule has 0 aliphatic heterocycles. The second-order valence-corrected chi connectivity index (χ2v) is 5.60. The lowest BCUT2D eigenvalue weighted by atomic mass is 9.93. The van der Waals surface area contributed by atoms with Gasteiger partial charge in [0.15, 0.2) is 0 Å². The zero-order chi connectivity index (χ0) is 14.9. The third-order valence-electron chi connectivity index (χ3n) is 3.21. The number of hydrazine groups is 1. The van der Waals surface area contributed by atoms with Crippen LogP contribution in [-0.4, -0.2) is 0 Å². The standard InChI is InChI=1S/C15H15BrF2N2/c1-8-5-9(2)14(13(18)6-8)15(20-19)11-7-10(17)3-4-12(11)16/h3-7,15,20H,19H2,1-2H3. The van der Waals surface area contributed by atoms with Gasteiger partial charge in [-0.25, -0.2) is 14.2 Å². The Morgan fingerprint density at radius 3 is 2.45 bits per heavy atom. The molecule has 2 rings (SSSR count). The molecule has 0 aliphatic rings. The van der Waals surface area contributed by atoms with Crippen LogP contribution in [0.2, 0.25) is 0 Å². The molecule has 2 aromatic rings. The van der Waals surface area contributed by atoms with Crippen molar-refractivity contribution in [2.45, 2.75) is 19.9 Å². The van der Waals surface area contributed by atoms with Crippen LogP contribution in [0.1, 0.15) is 28.3 Å². The second kappa shape index (κ2) is 5.99. The fourth-order valence-corrected chi connectivity index (χ4v) is 2.83. The Morgan fingerprint density at radius 2 is 1.85 bits per heavy atom. The van der Waals surface area contributed by atoms with Crippen molar-refractivity contribution in [1.29, 1.82) is 0 Å². The minimum atomic E-state index is -0.624. The molecule has 106 valence electrons. The van der Waals surface area contributed by atoms with Crippen LogP contribution in [0.25, 0.3) is 0 Å². The van der Waals surface area contributed by atoms with Crippen molar-refractivity contribution in [3.8, 4) is 0 Å². The summed E-state index contributed by atoms with van der Waals surface area (Å²) >= 11 is 3.35. The number of hydrogen-bond acceptors (Lipinski definition) is 2. The van der Waals surface area contributed by atoms with Crippen molar-refractivity contribution in [2.24, 2.45) is 5.84 Å². The molecule has 1 atom stereocenters. The minimum Gasteiger partial charge on any atom is -0.271 e. The fourth-order valence-electron chi connectivity index (χ4n) is 2.36. The Hall–Kier alpha value is -1.30.